The largest absolute Gasteiger partial charge is 0.481 e. The van der Waals surface area contributed by atoms with Crippen LogP contribution >= 0.6 is 11.3 Å². The maximum Gasteiger partial charge on any atom is 0.307 e. The first kappa shape index (κ1) is 15.8. The minimum absolute atomic E-state index is 0.00748. The summed E-state index contributed by atoms with van der Waals surface area (Å²) in [5.74, 6) is -0.956. The number of carbonyl (C=O) groups is 1. The molecular weight excluding hydrogens is 328 g/mol. The molecule has 0 bridgehead atoms. The summed E-state index contributed by atoms with van der Waals surface area (Å²) in [5, 5.41) is 20.5. The average Bonchev–Trinajstić information content (AvgIpc) is 2.98. The Labute approximate surface area is 140 Å². The van der Waals surface area contributed by atoms with E-state index in [2.05, 4.69) is 4.98 Å². The van der Waals surface area contributed by atoms with Crippen molar-refractivity contribution in [2.24, 2.45) is 0 Å². The van der Waals surface area contributed by atoms with E-state index in [0.717, 1.165) is 10.2 Å². The Bertz CT molecular complexity index is 912. The molecule has 3 aromatic rings. The van der Waals surface area contributed by atoms with Crippen LogP contribution in [0.4, 0.5) is 5.69 Å². The molecule has 0 radical (unpaired) electrons. The van der Waals surface area contributed by atoms with Crippen LogP contribution in [0, 0.1) is 10.1 Å². The molecule has 1 N–H and O–H groups in total. The summed E-state index contributed by atoms with van der Waals surface area (Å²) in [5.41, 5.74) is 2.07. The lowest BCUT2D eigenvalue weighted by Crippen LogP contribution is -1.97. The second-order valence-electron chi connectivity index (χ2n) is 5.08. The third-order valence-electron chi connectivity index (χ3n) is 3.36. The molecule has 1 aromatic heterocycles. The van der Waals surface area contributed by atoms with Crippen LogP contribution in [-0.2, 0) is 4.79 Å². The van der Waals surface area contributed by atoms with Gasteiger partial charge >= 0.3 is 5.97 Å². The number of nitro benzene ring substituents is 1. The van der Waals surface area contributed by atoms with Crippen molar-refractivity contribution in [3.63, 3.8) is 0 Å². The number of para-hydroxylation sites is 1. The van der Waals surface area contributed by atoms with Gasteiger partial charge in [0.2, 0.25) is 0 Å². The van der Waals surface area contributed by atoms with Gasteiger partial charge in [-0.25, -0.2) is 4.98 Å². The molecule has 0 unspecified atom stereocenters. The first-order valence-corrected chi connectivity index (χ1v) is 7.87. The zero-order valence-corrected chi connectivity index (χ0v) is 13.2. The van der Waals surface area contributed by atoms with Crippen LogP contribution in [-0.4, -0.2) is 21.0 Å². The Morgan fingerprint density at radius 3 is 2.54 bits per heavy atom. The maximum atomic E-state index is 11.2. The molecule has 3 rings (SSSR count). The average molecular weight is 340 g/mol. The molecule has 1 heterocycles. The van der Waals surface area contributed by atoms with E-state index >= 15 is 0 Å². The van der Waals surface area contributed by atoms with Crippen LogP contribution in [0.5, 0.6) is 0 Å². The van der Waals surface area contributed by atoms with Gasteiger partial charge in [-0.1, -0.05) is 12.1 Å². The van der Waals surface area contributed by atoms with Gasteiger partial charge in [0.1, 0.15) is 5.01 Å². The molecule has 0 fully saturated rings. The van der Waals surface area contributed by atoms with Gasteiger partial charge < -0.3 is 5.11 Å². The van der Waals surface area contributed by atoms with Crippen molar-refractivity contribution in [1.29, 1.82) is 0 Å². The number of non-ortho nitro benzene ring substituents is 1. The number of nitro groups is 1. The summed E-state index contributed by atoms with van der Waals surface area (Å²) in [7, 11) is 0. The fourth-order valence-corrected chi connectivity index (χ4v) is 3.23. The van der Waals surface area contributed by atoms with Gasteiger partial charge in [0.25, 0.3) is 5.69 Å². The zero-order valence-electron chi connectivity index (χ0n) is 12.4. The Balaban J connectivity index is 2.01. The number of nitrogens with zero attached hydrogens (tertiary/aromatic N) is 2. The first-order valence-electron chi connectivity index (χ1n) is 7.06. The predicted molar refractivity (Wildman–Crippen MR) is 92.8 cm³/mol. The lowest BCUT2D eigenvalue weighted by molar-refractivity contribution is -0.384. The number of aromatic nitrogens is 1. The van der Waals surface area contributed by atoms with Gasteiger partial charge in [0.05, 0.1) is 21.6 Å². The minimum atomic E-state index is -0.956. The fourth-order valence-electron chi connectivity index (χ4n) is 2.25. The Hall–Kier alpha value is -3.06. The number of thiazole rings is 1. The van der Waals surface area contributed by atoms with Crippen molar-refractivity contribution in [2.45, 2.75) is 6.42 Å². The molecule has 0 aliphatic carbocycles. The number of fused-ring (bicyclic) bond motifs is 1. The van der Waals surface area contributed by atoms with Crippen molar-refractivity contribution in [3.8, 4) is 0 Å². The summed E-state index contributed by atoms with van der Waals surface area (Å²) < 4.78 is 0.979. The quantitative estimate of drug-likeness (QED) is 0.554. The normalized spacial score (nSPS) is 11.6. The number of carboxylic acids is 1. The summed E-state index contributed by atoms with van der Waals surface area (Å²) in [6.07, 6.45) is 1.53. The lowest BCUT2D eigenvalue weighted by Gasteiger charge is -2.01. The van der Waals surface area contributed by atoms with Crippen LogP contribution in [0.25, 0.3) is 21.9 Å². The predicted octanol–water partition coefficient (Wildman–Crippen LogP) is 4.22. The van der Waals surface area contributed by atoms with E-state index in [1.807, 2.05) is 24.3 Å². The molecule has 6 nitrogen and oxygen atoms in total. The van der Waals surface area contributed by atoms with Crippen LogP contribution in [0.15, 0.2) is 48.5 Å². The smallest absolute Gasteiger partial charge is 0.307 e. The minimum Gasteiger partial charge on any atom is -0.481 e. The molecular formula is C17H12N2O4S. The summed E-state index contributed by atoms with van der Waals surface area (Å²) in [6.45, 7) is 0. The van der Waals surface area contributed by atoms with Gasteiger partial charge in [-0.3, -0.25) is 14.9 Å². The third kappa shape index (κ3) is 3.47. The lowest BCUT2D eigenvalue weighted by atomic mass is 10.1. The van der Waals surface area contributed by atoms with E-state index < -0.39 is 10.9 Å². The monoisotopic (exact) mass is 340 g/mol. The number of hydrogen-bond acceptors (Lipinski definition) is 5. The number of hydrogen-bond donors (Lipinski definition) is 1. The fraction of sp³-hybridized carbons (Fsp3) is 0.0588. The number of carboxylic acid groups (broad SMARTS) is 1. The van der Waals surface area contributed by atoms with E-state index in [9.17, 15) is 14.9 Å². The van der Waals surface area contributed by atoms with E-state index in [4.69, 9.17) is 5.11 Å². The molecule has 7 heteroatoms. The summed E-state index contributed by atoms with van der Waals surface area (Å²) in [6, 6.07) is 13.6. The van der Waals surface area contributed by atoms with E-state index in [1.165, 1.54) is 23.5 Å². The van der Waals surface area contributed by atoms with E-state index in [1.54, 1.807) is 18.2 Å². The van der Waals surface area contributed by atoms with E-state index in [-0.39, 0.29) is 12.1 Å². The van der Waals surface area contributed by atoms with Crippen molar-refractivity contribution >= 4 is 44.9 Å². The van der Waals surface area contributed by atoms with Gasteiger partial charge in [-0.15, -0.1) is 11.3 Å². The van der Waals surface area contributed by atoms with E-state index in [0.29, 0.717) is 16.1 Å². The van der Waals surface area contributed by atoms with Gasteiger partial charge in [0, 0.05) is 12.1 Å². The zero-order chi connectivity index (χ0) is 17.1. The highest BCUT2D eigenvalue weighted by Gasteiger charge is 2.13. The van der Waals surface area contributed by atoms with Gasteiger partial charge in [-0.05, 0) is 41.5 Å². The number of benzene rings is 2. The van der Waals surface area contributed by atoms with Crippen molar-refractivity contribution in [2.75, 3.05) is 0 Å². The maximum absolute atomic E-state index is 11.2. The Kier molecular flexibility index (Phi) is 4.35. The standard InChI is InChI=1S/C17H12N2O4S/c20-16(21)10-12(9-11-5-7-13(8-6-11)19(22)23)17-18-14-3-1-2-4-15(14)24-17/h1-9H,10H2,(H,20,21)/b12-9+. The van der Waals surface area contributed by atoms with Crippen molar-refractivity contribution in [3.05, 3.63) is 69.2 Å². The van der Waals surface area contributed by atoms with Crippen LogP contribution in [0.1, 0.15) is 17.0 Å². The third-order valence-corrected chi connectivity index (χ3v) is 4.47. The topological polar surface area (TPSA) is 93.3 Å². The second-order valence-corrected chi connectivity index (χ2v) is 6.11. The molecule has 2 aromatic carbocycles. The molecule has 120 valence electrons. The Morgan fingerprint density at radius 1 is 1.21 bits per heavy atom. The van der Waals surface area contributed by atoms with Crippen LogP contribution < -0.4 is 0 Å². The highest BCUT2D eigenvalue weighted by atomic mass is 32.1. The Morgan fingerprint density at radius 2 is 1.92 bits per heavy atom. The van der Waals surface area contributed by atoms with Gasteiger partial charge in [0.15, 0.2) is 0 Å². The van der Waals surface area contributed by atoms with Crippen LogP contribution in [0.2, 0.25) is 0 Å². The van der Waals surface area contributed by atoms with Crippen LogP contribution in [0.3, 0.4) is 0 Å². The molecule has 0 saturated heterocycles. The molecule has 0 aliphatic heterocycles. The summed E-state index contributed by atoms with van der Waals surface area (Å²) in [4.78, 5) is 25.9. The SMILES string of the molecule is O=C(O)C/C(=C\c1ccc([N+](=O)[O-])cc1)c1nc2ccccc2s1. The van der Waals surface area contributed by atoms with Crippen molar-refractivity contribution < 1.29 is 14.8 Å². The molecule has 0 saturated carbocycles. The molecule has 0 spiro atoms. The van der Waals surface area contributed by atoms with Crippen molar-refractivity contribution in [1.82, 2.24) is 4.98 Å². The molecule has 0 atom stereocenters. The van der Waals surface area contributed by atoms with Gasteiger partial charge in [-0.2, -0.15) is 0 Å². The molecule has 0 amide bonds. The summed E-state index contributed by atoms with van der Waals surface area (Å²) >= 11 is 1.42. The molecule has 0 aliphatic rings. The number of rotatable bonds is 5. The highest BCUT2D eigenvalue weighted by Crippen LogP contribution is 2.30. The number of aliphatic carboxylic acids is 1. The first-order chi connectivity index (χ1) is 11.5. The second kappa shape index (κ2) is 6.59. The highest BCUT2D eigenvalue weighted by molar-refractivity contribution is 7.19. The molecule has 24 heavy (non-hydrogen) atoms.